The van der Waals surface area contributed by atoms with Crippen LogP contribution in [0.4, 0.5) is 0 Å². The van der Waals surface area contributed by atoms with E-state index in [2.05, 4.69) is 15.5 Å². The van der Waals surface area contributed by atoms with E-state index in [1.165, 1.54) is 16.0 Å². The minimum Gasteiger partial charge on any atom is -0.351 e. The molecule has 0 radical (unpaired) electrons. The molecule has 0 fully saturated rings. The summed E-state index contributed by atoms with van der Waals surface area (Å²) in [6.45, 7) is 6.78. The summed E-state index contributed by atoms with van der Waals surface area (Å²) in [6, 6.07) is 1.95. The first-order valence-electron chi connectivity index (χ1n) is 6.42. The molecule has 2 rings (SSSR count). The first-order chi connectivity index (χ1) is 9.08. The number of hydrogen-bond acceptors (Lipinski definition) is 3. The number of nitrogens with zero attached hydrogens (tertiary/aromatic N) is 1. The molecule has 0 spiro atoms. The van der Waals surface area contributed by atoms with Gasteiger partial charge >= 0.3 is 0 Å². The maximum Gasteiger partial charge on any atom is 0.261 e. The topological polar surface area (TPSA) is 57.8 Å². The number of carbonyl (C=O) groups excluding carboxylic acids is 1. The Morgan fingerprint density at radius 3 is 2.79 bits per heavy atom. The highest BCUT2D eigenvalue weighted by atomic mass is 32.1. The molecule has 0 aliphatic carbocycles. The molecule has 19 heavy (non-hydrogen) atoms. The molecule has 0 aliphatic rings. The zero-order chi connectivity index (χ0) is 13.8. The summed E-state index contributed by atoms with van der Waals surface area (Å²) in [5, 5.41) is 9.86. The van der Waals surface area contributed by atoms with Gasteiger partial charge < -0.3 is 5.32 Å². The van der Waals surface area contributed by atoms with E-state index in [0.717, 1.165) is 23.4 Å². The third kappa shape index (κ3) is 3.44. The van der Waals surface area contributed by atoms with E-state index in [9.17, 15) is 4.79 Å². The number of aryl methyl sites for hydroxylation is 4. The summed E-state index contributed by atoms with van der Waals surface area (Å²) in [5.74, 6) is 0.0325. The van der Waals surface area contributed by atoms with Crippen molar-refractivity contribution in [2.24, 2.45) is 0 Å². The monoisotopic (exact) mass is 277 g/mol. The second-order valence-electron chi connectivity index (χ2n) is 4.73. The second kappa shape index (κ2) is 6.02. The molecular weight excluding hydrogens is 258 g/mol. The summed E-state index contributed by atoms with van der Waals surface area (Å²) < 4.78 is 0. The maximum absolute atomic E-state index is 11.9. The third-order valence-electron chi connectivity index (χ3n) is 3.23. The molecule has 2 heterocycles. The molecule has 5 heteroatoms. The third-order valence-corrected chi connectivity index (χ3v) is 4.38. The molecule has 2 N–H and O–H groups in total. The van der Waals surface area contributed by atoms with Crippen molar-refractivity contribution >= 4 is 17.2 Å². The lowest BCUT2D eigenvalue weighted by molar-refractivity contribution is 0.0957. The van der Waals surface area contributed by atoms with Crippen molar-refractivity contribution in [3.05, 3.63) is 38.8 Å². The van der Waals surface area contributed by atoms with E-state index in [0.29, 0.717) is 6.54 Å². The van der Waals surface area contributed by atoms with Crippen molar-refractivity contribution in [1.29, 1.82) is 0 Å². The Hall–Kier alpha value is -1.62. The lowest BCUT2D eigenvalue weighted by Gasteiger charge is -2.03. The van der Waals surface area contributed by atoms with Gasteiger partial charge in [0.15, 0.2) is 0 Å². The zero-order valence-electron chi connectivity index (χ0n) is 11.5. The van der Waals surface area contributed by atoms with Gasteiger partial charge in [0.25, 0.3) is 5.91 Å². The van der Waals surface area contributed by atoms with Gasteiger partial charge in [-0.2, -0.15) is 5.10 Å². The van der Waals surface area contributed by atoms with Gasteiger partial charge in [-0.05, 0) is 50.8 Å². The fourth-order valence-corrected chi connectivity index (χ4v) is 2.83. The van der Waals surface area contributed by atoms with Crippen LogP contribution in [-0.2, 0) is 6.42 Å². The lowest BCUT2D eigenvalue weighted by Crippen LogP contribution is -2.23. The van der Waals surface area contributed by atoms with Crippen LogP contribution in [0.2, 0.25) is 0 Å². The Labute approximate surface area is 117 Å². The second-order valence-corrected chi connectivity index (χ2v) is 5.99. The number of amides is 1. The van der Waals surface area contributed by atoms with Crippen molar-refractivity contribution in [1.82, 2.24) is 15.5 Å². The average molecular weight is 277 g/mol. The summed E-state index contributed by atoms with van der Waals surface area (Å²) in [4.78, 5) is 13.9. The number of nitrogens with one attached hydrogen (secondary N) is 2. The van der Waals surface area contributed by atoms with E-state index >= 15 is 0 Å². The molecule has 102 valence electrons. The number of H-pyrrole nitrogens is 1. The van der Waals surface area contributed by atoms with E-state index < -0.39 is 0 Å². The highest BCUT2D eigenvalue weighted by molar-refractivity contribution is 7.14. The minimum atomic E-state index is 0.0325. The number of rotatable bonds is 5. The van der Waals surface area contributed by atoms with Crippen molar-refractivity contribution < 1.29 is 4.79 Å². The smallest absolute Gasteiger partial charge is 0.261 e. The first kappa shape index (κ1) is 13.8. The van der Waals surface area contributed by atoms with E-state index in [4.69, 9.17) is 0 Å². The van der Waals surface area contributed by atoms with Crippen molar-refractivity contribution in [2.75, 3.05) is 6.54 Å². The van der Waals surface area contributed by atoms with Crippen LogP contribution in [0.3, 0.4) is 0 Å². The highest BCUT2D eigenvalue weighted by Crippen LogP contribution is 2.20. The fraction of sp³-hybridized carbons (Fsp3) is 0.429. The van der Waals surface area contributed by atoms with Gasteiger partial charge in [0.05, 0.1) is 11.1 Å². The lowest BCUT2D eigenvalue weighted by atomic mass is 10.1. The molecule has 0 bridgehead atoms. The Morgan fingerprint density at radius 2 is 2.21 bits per heavy atom. The Balaban J connectivity index is 1.77. The molecule has 0 aliphatic heterocycles. The van der Waals surface area contributed by atoms with E-state index in [1.807, 2.05) is 33.0 Å². The SMILES string of the molecule is Cc1cc(C(=O)NCCCc2cn[nH]c2C)sc1C. The van der Waals surface area contributed by atoms with Gasteiger partial charge in [-0.1, -0.05) is 0 Å². The summed E-state index contributed by atoms with van der Waals surface area (Å²) in [6.07, 6.45) is 3.71. The van der Waals surface area contributed by atoms with Crippen LogP contribution < -0.4 is 5.32 Å². The van der Waals surface area contributed by atoms with E-state index in [-0.39, 0.29) is 5.91 Å². The quantitative estimate of drug-likeness (QED) is 0.826. The van der Waals surface area contributed by atoms with Crippen molar-refractivity contribution in [2.45, 2.75) is 33.6 Å². The standard InChI is InChI=1S/C14H19N3OS/c1-9-7-13(19-11(9)3)14(18)15-6-4-5-12-8-16-17-10(12)2/h7-8H,4-6H2,1-3H3,(H,15,18)(H,16,17). The van der Waals surface area contributed by atoms with Crippen LogP contribution in [0.25, 0.3) is 0 Å². The molecular formula is C14H19N3OS. The molecule has 1 amide bonds. The predicted molar refractivity (Wildman–Crippen MR) is 77.8 cm³/mol. The number of hydrogen-bond donors (Lipinski definition) is 2. The van der Waals surface area contributed by atoms with Gasteiger partial charge in [-0.25, -0.2) is 0 Å². The Morgan fingerprint density at radius 1 is 1.42 bits per heavy atom. The average Bonchev–Trinajstić information content (AvgIpc) is 2.92. The maximum atomic E-state index is 11.9. The molecule has 2 aromatic rings. The molecule has 0 atom stereocenters. The number of thiophene rings is 1. The van der Waals surface area contributed by atoms with Crippen LogP contribution in [0.5, 0.6) is 0 Å². The van der Waals surface area contributed by atoms with Crippen LogP contribution in [0, 0.1) is 20.8 Å². The minimum absolute atomic E-state index is 0.0325. The van der Waals surface area contributed by atoms with Gasteiger partial charge in [0.2, 0.25) is 0 Å². The van der Waals surface area contributed by atoms with Crippen LogP contribution >= 0.6 is 11.3 Å². The number of aromatic amines is 1. The molecule has 0 aromatic carbocycles. The van der Waals surface area contributed by atoms with Crippen LogP contribution in [-0.4, -0.2) is 22.6 Å². The summed E-state index contributed by atoms with van der Waals surface area (Å²) >= 11 is 1.55. The molecule has 0 saturated carbocycles. The van der Waals surface area contributed by atoms with Gasteiger partial charge in [-0.15, -0.1) is 11.3 Å². The van der Waals surface area contributed by atoms with E-state index in [1.54, 1.807) is 11.3 Å². The van der Waals surface area contributed by atoms with Crippen LogP contribution in [0.1, 0.15) is 37.8 Å². The summed E-state index contributed by atoms with van der Waals surface area (Å²) in [7, 11) is 0. The van der Waals surface area contributed by atoms with Crippen molar-refractivity contribution in [3.8, 4) is 0 Å². The molecule has 2 aromatic heterocycles. The summed E-state index contributed by atoms with van der Waals surface area (Å²) in [5.41, 5.74) is 3.51. The van der Waals surface area contributed by atoms with Gasteiger partial charge in [0, 0.05) is 17.1 Å². The molecule has 0 saturated heterocycles. The molecule has 0 unspecified atom stereocenters. The number of aromatic nitrogens is 2. The first-order valence-corrected chi connectivity index (χ1v) is 7.23. The Kier molecular flexibility index (Phi) is 4.37. The van der Waals surface area contributed by atoms with Crippen molar-refractivity contribution in [3.63, 3.8) is 0 Å². The largest absolute Gasteiger partial charge is 0.351 e. The predicted octanol–water partition coefficient (Wildman–Crippen LogP) is 2.76. The molecule has 4 nitrogen and oxygen atoms in total. The van der Waals surface area contributed by atoms with Gasteiger partial charge in [0.1, 0.15) is 0 Å². The van der Waals surface area contributed by atoms with Crippen LogP contribution in [0.15, 0.2) is 12.3 Å². The Bertz CT molecular complexity index is 552. The number of carbonyl (C=O) groups is 1. The fourth-order valence-electron chi connectivity index (χ4n) is 1.88. The zero-order valence-corrected chi connectivity index (χ0v) is 12.4. The van der Waals surface area contributed by atoms with Gasteiger partial charge in [-0.3, -0.25) is 9.89 Å². The highest BCUT2D eigenvalue weighted by Gasteiger charge is 2.09. The normalized spacial score (nSPS) is 10.7.